The van der Waals surface area contributed by atoms with Crippen LogP contribution in [0.1, 0.15) is 57.9 Å². The molecule has 1 heterocycles. The van der Waals surface area contributed by atoms with Crippen molar-refractivity contribution in [3.05, 3.63) is 59.7 Å². The predicted octanol–water partition coefficient (Wildman–Crippen LogP) is 5.49. The fraction of sp³-hybridized carbons (Fsp3) is 0.370. The first-order valence-corrected chi connectivity index (χ1v) is 11.9. The maximum absolute atomic E-state index is 13.0. The number of barbiturate groups is 1. The van der Waals surface area contributed by atoms with Crippen molar-refractivity contribution in [2.75, 3.05) is 18.1 Å². The van der Waals surface area contributed by atoms with Crippen LogP contribution in [0.2, 0.25) is 0 Å². The zero-order valence-corrected chi connectivity index (χ0v) is 19.8. The second-order valence-corrected chi connectivity index (χ2v) is 8.07. The van der Waals surface area contributed by atoms with E-state index in [1.165, 1.54) is 31.8 Å². The van der Waals surface area contributed by atoms with Crippen molar-refractivity contribution in [2.24, 2.45) is 0 Å². The largest absolute Gasteiger partial charge is 0.494 e. The molecule has 1 aliphatic rings. The number of hydrogen-bond acceptors (Lipinski definition) is 5. The van der Waals surface area contributed by atoms with Gasteiger partial charge in [0, 0.05) is 0 Å². The van der Waals surface area contributed by atoms with Crippen LogP contribution in [-0.4, -0.2) is 31.1 Å². The summed E-state index contributed by atoms with van der Waals surface area (Å²) in [6, 6.07) is 12.9. The average molecular weight is 465 g/mol. The van der Waals surface area contributed by atoms with E-state index in [1.807, 2.05) is 19.1 Å². The number of ether oxygens (including phenoxy) is 2. The quantitative estimate of drug-likeness (QED) is 0.255. The van der Waals surface area contributed by atoms with Crippen LogP contribution in [0.4, 0.5) is 10.5 Å². The van der Waals surface area contributed by atoms with Crippen LogP contribution in [0.25, 0.3) is 6.08 Å². The normalized spacial score (nSPS) is 14.9. The summed E-state index contributed by atoms with van der Waals surface area (Å²) in [6.07, 6.45) is 8.67. The highest BCUT2D eigenvalue weighted by molar-refractivity contribution is 6.39. The number of imide groups is 2. The van der Waals surface area contributed by atoms with Gasteiger partial charge in [0.2, 0.25) is 0 Å². The molecule has 4 amide bonds. The average Bonchev–Trinajstić information content (AvgIpc) is 2.83. The highest BCUT2D eigenvalue weighted by Gasteiger charge is 2.36. The molecule has 1 saturated heterocycles. The van der Waals surface area contributed by atoms with Crippen LogP contribution >= 0.6 is 0 Å². The van der Waals surface area contributed by atoms with Crippen molar-refractivity contribution in [2.45, 2.75) is 52.4 Å². The van der Waals surface area contributed by atoms with Crippen LogP contribution < -0.4 is 19.7 Å². The Bertz CT molecular complexity index is 1010. The summed E-state index contributed by atoms with van der Waals surface area (Å²) in [7, 11) is 0. The summed E-state index contributed by atoms with van der Waals surface area (Å²) >= 11 is 0. The number of hydrogen-bond donors (Lipinski definition) is 1. The molecule has 2 aromatic carbocycles. The summed E-state index contributed by atoms with van der Waals surface area (Å²) in [6.45, 7) is 5.24. The molecule has 1 aliphatic heterocycles. The molecule has 180 valence electrons. The molecule has 0 radical (unpaired) electrons. The lowest BCUT2D eigenvalue weighted by molar-refractivity contribution is -0.122. The summed E-state index contributed by atoms with van der Waals surface area (Å²) in [4.78, 5) is 38.7. The van der Waals surface area contributed by atoms with Gasteiger partial charge in [-0.15, -0.1) is 0 Å². The number of nitrogens with zero attached hydrogens (tertiary/aromatic N) is 1. The first-order valence-electron chi connectivity index (χ1n) is 11.9. The van der Waals surface area contributed by atoms with Gasteiger partial charge in [-0.05, 0) is 61.4 Å². The molecule has 34 heavy (non-hydrogen) atoms. The molecule has 0 spiro atoms. The van der Waals surface area contributed by atoms with Crippen LogP contribution in [0.15, 0.2) is 54.1 Å². The van der Waals surface area contributed by atoms with E-state index in [2.05, 4.69) is 12.2 Å². The smallest absolute Gasteiger partial charge is 0.335 e. The van der Waals surface area contributed by atoms with Crippen LogP contribution in [0, 0.1) is 0 Å². The summed E-state index contributed by atoms with van der Waals surface area (Å²) in [5.41, 5.74) is 0.892. The SMILES string of the molecule is CCCCCCCCOc1ccc(C=C2C(=O)NC(=O)N(c3ccc(OCC)cc3)C2=O)cc1. The molecule has 3 rings (SSSR count). The van der Waals surface area contributed by atoms with Gasteiger partial charge in [0.05, 0.1) is 18.9 Å². The summed E-state index contributed by atoms with van der Waals surface area (Å²) in [5.74, 6) is -0.0371. The van der Waals surface area contributed by atoms with E-state index in [1.54, 1.807) is 36.4 Å². The van der Waals surface area contributed by atoms with Crippen molar-refractivity contribution in [3.63, 3.8) is 0 Å². The van der Waals surface area contributed by atoms with Gasteiger partial charge in [0.1, 0.15) is 17.1 Å². The fourth-order valence-electron chi connectivity index (χ4n) is 3.65. The lowest BCUT2D eigenvalue weighted by atomic mass is 10.1. The monoisotopic (exact) mass is 464 g/mol. The molecule has 7 nitrogen and oxygen atoms in total. The number of rotatable bonds is 12. The first kappa shape index (κ1) is 25.0. The molecule has 0 aliphatic carbocycles. The van der Waals surface area contributed by atoms with Crippen LogP contribution in [-0.2, 0) is 9.59 Å². The van der Waals surface area contributed by atoms with Gasteiger partial charge in [-0.1, -0.05) is 51.2 Å². The number of carbonyl (C=O) groups excluding carboxylic acids is 3. The van der Waals surface area contributed by atoms with E-state index in [4.69, 9.17) is 9.47 Å². The van der Waals surface area contributed by atoms with Crippen molar-refractivity contribution < 1.29 is 23.9 Å². The highest BCUT2D eigenvalue weighted by Crippen LogP contribution is 2.25. The van der Waals surface area contributed by atoms with Gasteiger partial charge < -0.3 is 9.47 Å². The third-order valence-corrected chi connectivity index (χ3v) is 5.47. The fourth-order valence-corrected chi connectivity index (χ4v) is 3.65. The zero-order chi connectivity index (χ0) is 24.3. The maximum Gasteiger partial charge on any atom is 0.335 e. The molecule has 0 bridgehead atoms. The highest BCUT2D eigenvalue weighted by atomic mass is 16.5. The number of amides is 4. The molecule has 7 heteroatoms. The molecular formula is C27H32N2O5. The third kappa shape index (κ3) is 6.70. The van der Waals surface area contributed by atoms with E-state index in [9.17, 15) is 14.4 Å². The molecule has 1 fully saturated rings. The number of unbranched alkanes of at least 4 members (excludes halogenated alkanes) is 5. The molecule has 2 aromatic rings. The van der Waals surface area contributed by atoms with Gasteiger partial charge in [-0.3, -0.25) is 14.9 Å². The number of benzene rings is 2. The van der Waals surface area contributed by atoms with E-state index < -0.39 is 17.8 Å². The van der Waals surface area contributed by atoms with Crippen molar-refractivity contribution in [1.82, 2.24) is 5.32 Å². The molecule has 0 saturated carbocycles. The lowest BCUT2D eigenvalue weighted by Gasteiger charge is -2.26. The molecule has 0 unspecified atom stereocenters. The van der Waals surface area contributed by atoms with Gasteiger partial charge in [-0.2, -0.15) is 0 Å². The van der Waals surface area contributed by atoms with E-state index in [0.29, 0.717) is 30.2 Å². The Labute approximate surface area is 200 Å². The Morgan fingerprint density at radius 3 is 2.09 bits per heavy atom. The number of nitrogens with one attached hydrogen (secondary N) is 1. The molecule has 0 aromatic heterocycles. The Kier molecular flexibility index (Phi) is 9.26. The molecule has 1 N–H and O–H groups in total. The van der Waals surface area contributed by atoms with Crippen LogP contribution in [0.5, 0.6) is 11.5 Å². The number of urea groups is 1. The summed E-state index contributed by atoms with van der Waals surface area (Å²) in [5, 5.41) is 2.24. The second kappa shape index (κ2) is 12.6. The Balaban J connectivity index is 1.64. The van der Waals surface area contributed by atoms with Crippen molar-refractivity contribution >= 4 is 29.6 Å². The minimum absolute atomic E-state index is 0.116. The van der Waals surface area contributed by atoms with E-state index in [-0.39, 0.29) is 5.57 Å². The van der Waals surface area contributed by atoms with Crippen molar-refractivity contribution in [3.8, 4) is 11.5 Å². The van der Waals surface area contributed by atoms with Gasteiger partial charge in [0.15, 0.2) is 0 Å². The predicted molar refractivity (Wildman–Crippen MR) is 132 cm³/mol. The summed E-state index contributed by atoms with van der Waals surface area (Å²) < 4.78 is 11.2. The van der Waals surface area contributed by atoms with E-state index >= 15 is 0 Å². The topological polar surface area (TPSA) is 84.9 Å². The van der Waals surface area contributed by atoms with Gasteiger partial charge >= 0.3 is 6.03 Å². The van der Waals surface area contributed by atoms with Crippen molar-refractivity contribution in [1.29, 1.82) is 0 Å². The Morgan fingerprint density at radius 2 is 1.41 bits per heavy atom. The minimum Gasteiger partial charge on any atom is -0.494 e. The number of anilines is 1. The van der Waals surface area contributed by atoms with Gasteiger partial charge in [-0.25, -0.2) is 9.69 Å². The standard InChI is InChI=1S/C27H32N2O5/c1-3-5-6-7-8-9-18-34-23-14-10-20(11-15-23)19-24-25(30)28-27(32)29(26(24)31)21-12-16-22(17-13-21)33-4-2/h10-17,19H,3-9,18H2,1-2H3,(H,28,30,32). The Hall–Kier alpha value is -3.61. The Morgan fingerprint density at radius 1 is 0.794 bits per heavy atom. The molecule has 0 atom stereocenters. The zero-order valence-electron chi connectivity index (χ0n) is 19.8. The second-order valence-electron chi connectivity index (χ2n) is 8.07. The maximum atomic E-state index is 13.0. The third-order valence-electron chi connectivity index (χ3n) is 5.47. The van der Waals surface area contributed by atoms with E-state index in [0.717, 1.165) is 23.5 Å². The van der Waals surface area contributed by atoms with Gasteiger partial charge in [0.25, 0.3) is 11.8 Å². The first-order chi connectivity index (χ1) is 16.5. The lowest BCUT2D eigenvalue weighted by Crippen LogP contribution is -2.54. The molecular weight excluding hydrogens is 432 g/mol. The minimum atomic E-state index is -0.783. The number of carbonyl (C=O) groups is 3. The van der Waals surface area contributed by atoms with Crippen LogP contribution in [0.3, 0.4) is 0 Å².